The SMILES string of the molecule is NC(=O)OC1CCCc2ccc(-c3cc(F)c(F)cc3F)cc21. The molecule has 3 rings (SSSR count). The third-order valence-corrected chi connectivity index (χ3v) is 3.98. The van der Waals surface area contributed by atoms with Crippen LogP contribution in [0.1, 0.15) is 30.1 Å². The normalized spacial score (nSPS) is 16.7. The van der Waals surface area contributed by atoms with E-state index in [0.29, 0.717) is 18.1 Å². The van der Waals surface area contributed by atoms with Gasteiger partial charge >= 0.3 is 6.09 Å². The van der Waals surface area contributed by atoms with Crippen molar-refractivity contribution in [3.63, 3.8) is 0 Å². The van der Waals surface area contributed by atoms with Gasteiger partial charge in [-0.3, -0.25) is 0 Å². The van der Waals surface area contributed by atoms with Gasteiger partial charge in [0.15, 0.2) is 11.6 Å². The number of halogens is 3. The molecule has 0 heterocycles. The van der Waals surface area contributed by atoms with Gasteiger partial charge in [0.05, 0.1) is 0 Å². The fraction of sp³-hybridized carbons (Fsp3) is 0.235. The van der Waals surface area contributed by atoms with Crippen LogP contribution >= 0.6 is 0 Å². The molecule has 0 radical (unpaired) electrons. The Morgan fingerprint density at radius 2 is 1.83 bits per heavy atom. The minimum Gasteiger partial charge on any atom is -0.442 e. The molecule has 0 aromatic heterocycles. The molecule has 1 aliphatic carbocycles. The van der Waals surface area contributed by atoms with Gasteiger partial charge in [-0.1, -0.05) is 12.1 Å². The first kappa shape index (κ1) is 15.4. The minimum absolute atomic E-state index is 0.0462. The monoisotopic (exact) mass is 321 g/mol. The highest BCUT2D eigenvalue weighted by Gasteiger charge is 2.24. The highest BCUT2D eigenvalue weighted by atomic mass is 19.2. The average Bonchev–Trinajstić information content (AvgIpc) is 2.50. The summed E-state index contributed by atoms with van der Waals surface area (Å²) in [5.74, 6) is -3.21. The van der Waals surface area contributed by atoms with E-state index in [1.165, 1.54) is 0 Å². The summed E-state index contributed by atoms with van der Waals surface area (Å²) in [6, 6.07) is 6.39. The lowest BCUT2D eigenvalue weighted by Crippen LogP contribution is -2.20. The second-order valence-electron chi connectivity index (χ2n) is 5.48. The molecule has 1 amide bonds. The van der Waals surface area contributed by atoms with Gasteiger partial charge in [0.1, 0.15) is 11.9 Å². The predicted molar refractivity (Wildman–Crippen MR) is 78.1 cm³/mol. The van der Waals surface area contributed by atoms with E-state index in [1.807, 2.05) is 0 Å². The number of fused-ring (bicyclic) bond motifs is 1. The summed E-state index contributed by atoms with van der Waals surface area (Å²) < 4.78 is 45.5. The van der Waals surface area contributed by atoms with Crippen LogP contribution in [-0.2, 0) is 11.2 Å². The van der Waals surface area contributed by atoms with Crippen molar-refractivity contribution in [3.05, 3.63) is 58.9 Å². The summed E-state index contributed by atoms with van der Waals surface area (Å²) in [6.45, 7) is 0. The Bertz CT molecular complexity index is 777. The van der Waals surface area contributed by atoms with Gasteiger partial charge in [-0.05, 0) is 48.1 Å². The maximum Gasteiger partial charge on any atom is 0.405 e. The zero-order chi connectivity index (χ0) is 16.6. The van der Waals surface area contributed by atoms with Crippen LogP contribution in [-0.4, -0.2) is 6.09 Å². The third kappa shape index (κ3) is 3.02. The first-order valence-electron chi connectivity index (χ1n) is 7.19. The standard InChI is InChI=1S/C17H14F3NO2/c18-13-8-15(20)14(19)7-11(13)10-5-4-9-2-1-3-16(12(9)6-10)23-17(21)22/h4-8,16H,1-3H2,(H2,21,22). The van der Waals surface area contributed by atoms with Crippen LogP contribution in [0.15, 0.2) is 30.3 Å². The molecule has 1 unspecified atom stereocenters. The Balaban J connectivity index is 2.06. The maximum absolute atomic E-state index is 13.9. The summed E-state index contributed by atoms with van der Waals surface area (Å²) in [4.78, 5) is 11.0. The van der Waals surface area contributed by atoms with Crippen molar-refractivity contribution in [2.24, 2.45) is 5.73 Å². The molecule has 0 saturated carbocycles. The Morgan fingerprint density at radius 1 is 1.09 bits per heavy atom. The van der Waals surface area contributed by atoms with Crippen molar-refractivity contribution in [2.45, 2.75) is 25.4 Å². The zero-order valence-corrected chi connectivity index (χ0v) is 12.1. The Hall–Kier alpha value is -2.50. The van der Waals surface area contributed by atoms with Gasteiger partial charge in [-0.25, -0.2) is 18.0 Å². The van der Waals surface area contributed by atoms with E-state index in [2.05, 4.69) is 0 Å². The molecule has 0 fully saturated rings. The molecule has 2 aromatic carbocycles. The van der Waals surface area contributed by atoms with Gasteiger partial charge in [0.25, 0.3) is 0 Å². The number of amides is 1. The highest BCUT2D eigenvalue weighted by molar-refractivity contribution is 5.67. The van der Waals surface area contributed by atoms with Crippen molar-refractivity contribution < 1.29 is 22.7 Å². The van der Waals surface area contributed by atoms with Crippen LogP contribution in [0.3, 0.4) is 0 Å². The van der Waals surface area contributed by atoms with E-state index in [4.69, 9.17) is 10.5 Å². The molecule has 2 N–H and O–H groups in total. The van der Waals surface area contributed by atoms with E-state index in [1.54, 1.807) is 18.2 Å². The predicted octanol–water partition coefficient (Wildman–Crippen LogP) is 4.24. The maximum atomic E-state index is 13.9. The first-order valence-corrected chi connectivity index (χ1v) is 7.19. The molecule has 0 spiro atoms. The van der Waals surface area contributed by atoms with E-state index in [9.17, 15) is 18.0 Å². The summed E-state index contributed by atoms with van der Waals surface area (Å²) in [7, 11) is 0. The molecule has 0 bridgehead atoms. The Morgan fingerprint density at radius 3 is 2.57 bits per heavy atom. The fourth-order valence-corrected chi connectivity index (χ4v) is 2.93. The topological polar surface area (TPSA) is 52.3 Å². The van der Waals surface area contributed by atoms with Crippen LogP contribution in [0.25, 0.3) is 11.1 Å². The van der Waals surface area contributed by atoms with Gasteiger partial charge < -0.3 is 10.5 Å². The van der Waals surface area contributed by atoms with Gasteiger partial charge in [-0.15, -0.1) is 0 Å². The summed E-state index contributed by atoms with van der Waals surface area (Å²) >= 11 is 0. The zero-order valence-electron chi connectivity index (χ0n) is 12.1. The largest absolute Gasteiger partial charge is 0.442 e. The van der Waals surface area contributed by atoms with E-state index in [-0.39, 0.29) is 5.56 Å². The van der Waals surface area contributed by atoms with Crippen molar-refractivity contribution in [3.8, 4) is 11.1 Å². The van der Waals surface area contributed by atoms with E-state index in [0.717, 1.165) is 30.0 Å². The number of carbonyl (C=O) groups excluding carboxylic acids is 1. The van der Waals surface area contributed by atoms with Gasteiger partial charge in [-0.2, -0.15) is 0 Å². The molecular weight excluding hydrogens is 307 g/mol. The second-order valence-corrected chi connectivity index (χ2v) is 5.48. The van der Waals surface area contributed by atoms with Crippen LogP contribution < -0.4 is 5.73 Å². The Labute approximate surface area is 130 Å². The van der Waals surface area contributed by atoms with Crippen LogP contribution in [0.5, 0.6) is 0 Å². The van der Waals surface area contributed by atoms with Crippen molar-refractivity contribution >= 4 is 6.09 Å². The highest BCUT2D eigenvalue weighted by Crippen LogP contribution is 2.36. The van der Waals surface area contributed by atoms with Crippen LogP contribution in [0, 0.1) is 17.5 Å². The van der Waals surface area contributed by atoms with Gasteiger partial charge in [0, 0.05) is 11.6 Å². The Kier molecular flexibility index (Phi) is 3.98. The molecule has 0 aliphatic heterocycles. The fourth-order valence-electron chi connectivity index (χ4n) is 2.93. The third-order valence-electron chi connectivity index (χ3n) is 3.98. The number of aryl methyl sites for hydroxylation is 1. The summed E-state index contributed by atoms with van der Waals surface area (Å²) in [5.41, 5.74) is 7.11. The summed E-state index contributed by atoms with van der Waals surface area (Å²) in [6.07, 6.45) is 0.856. The second kappa shape index (κ2) is 5.95. The molecular formula is C17H14F3NO2. The number of hydrogen-bond donors (Lipinski definition) is 1. The number of carbonyl (C=O) groups is 1. The lowest BCUT2D eigenvalue weighted by molar-refractivity contribution is 0.0959. The molecule has 1 atom stereocenters. The molecule has 0 saturated heterocycles. The van der Waals surface area contributed by atoms with E-state index < -0.39 is 29.6 Å². The lowest BCUT2D eigenvalue weighted by atomic mass is 9.87. The molecule has 1 aliphatic rings. The van der Waals surface area contributed by atoms with Crippen LogP contribution in [0.4, 0.5) is 18.0 Å². The molecule has 3 nitrogen and oxygen atoms in total. The number of ether oxygens (including phenoxy) is 1. The number of benzene rings is 2. The van der Waals surface area contributed by atoms with E-state index >= 15 is 0 Å². The number of nitrogens with two attached hydrogens (primary N) is 1. The lowest BCUT2D eigenvalue weighted by Gasteiger charge is -2.25. The van der Waals surface area contributed by atoms with Crippen molar-refractivity contribution in [1.29, 1.82) is 0 Å². The number of hydrogen-bond acceptors (Lipinski definition) is 2. The summed E-state index contributed by atoms with van der Waals surface area (Å²) in [5, 5.41) is 0. The molecule has 120 valence electrons. The number of rotatable bonds is 2. The van der Waals surface area contributed by atoms with Crippen molar-refractivity contribution in [2.75, 3.05) is 0 Å². The van der Waals surface area contributed by atoms with Crippen molar-refractivity contribution in [1.82, 2.24) is 0 Å². The quantitative estimate of drug-likeness (QED) is 0.841. The minimum atomic E-state index is -1.24. The smallest absolute Gasteiger partial charge is 0.405 e. The van der Waals surface area contributed by atoms with Gasteiger partial charge in [0.2, 0.25) is 0 Å². The van der Waals surface area contributed by atoms with Crippen LogP contribution in [0.2, 0.25) is 0 Å². The number of primary amides is 1. The molecule has 6 heteroatoms. The first-order chi connectivity index (χ1) is 11.0. The molecule has 23 heavy (non-hydrogen) atoms. The molecule has 2 aromatic rings. The average molecular weight is 321 g/mol.